The minimum atomic E-state index is -0.268. The lowest BCUT2D eigenvalue weighted by Gasteiger charge is -2.26. The summed E-state index contributed by atoms with van der Waals surface area (Å²) in [7, 11) is 0. The van der Waals surface area contributed by atoms with Gasteiger partial charge in [-0.2, -0.15) is 0 Å². The minimum Gasteiger partial charge on any atom is -0.355 e. The second-order valence-corrected chi connectivity index (χ2v) is 10.3. The summed E-state index contributed by atoms with van der Waals surface area (Å²) < 4.78 is 16.1. The molecule has 1 N–H and O–H groups in total. The zero-order chi connectivity index (χ0) is 25.6. The molecule has 5 heteroatoms. The molecule has 5 rings (SSSR count). The van der Waals surface area contributed by atoms with E-state index in [4.69, 9.17) is 0 Å². The normalized spacial score (nSPS) is 15.1. The van der Waals surface area contributed by atoms with Crippen LogP contribution >= 0.6 is 0 Å². The Balaban J connectivity index is 1.41. The SMILES string of the molecule is Cc1ccc(Cn2cc([C@@H](CC(=O)NCCN3CCCCC3)c3ccc(F)cc3)c3ccccc32)cc1. The maximum Gasteiger partial charge on any atom is 0.220 e. The number of carbonyl (C=O) groups is 1. The number of likely N-dealkylation sites (tertiary alicyclic amines) is 1. The minimum absolute atomic E-state index is 0.0294. The molecule has 0 saturated carbocycles. The quantitative estimate of drug-likeness (QED) is 0.296. The standard InChI is InChI=1S/C32H36FN3O/c1-24-9-11-25(12-10-24)22-36-23-30(28-7-3-4-8-31(28)36)29(26-13-15-27(33)16-14-26)21-32(37)34-17-20-35-18-5-2-6-19-35/h3-4,7-16,23,29H,2,5-6,17-22H2,1H3,(H,34,37)/t29-/m0/s1. The first-order valence-corrected chi connectivity index (χ1v) is 13.4. The van der Waals surface area contributed by atoms with Gasteiger partial charge >= 0.3 is 0 Å². The van der Waals surface area contributed by atoms with E-state index in [1.165, 1.54) is 42.5 Å². The molecule has 0 radical (unpaired) electrons. The molecule has 1 atom stereocenters. The number of aromatic nitrogens is 1. The molecule has 37 heavy (non-hydrogen) atoms. The van der Waals surface area contributed by atoms with Crippen molar-refractivity contribution in [1.29, 1.82) is 0 Å². The third-order valence-electron chi connectivity index (χ3n) is 7.53. The van der Waals surface area contributed by atoms with Gasteiger partial charge in [-0.25, -0.2) is 4.39 Å². The number of nitrogens with zero attached hydrogens (tertiary/aromatic N) is 2. The van der Waals surface area contributed by atoms with E-state index in [0.29, 0.717) is 13.0 Å². The molecule has 1 fully saturated rings. The lowest BCUT2D eigenvalue weighted by atomic mass is 9.88. The second kappa shape index (κ2) is 11.7. The van der Waals surface area contributed by atoms with E-state index < -0.39 is 0 Å². The molecule has 3 aromatic carbocycles. The summed E-state index contributed by atoms with van der Waals surface area (Å²) in [6, 6.07) is 23.6. The Morgan fingerprint density at radius 1 is 0.946 bits per heavy atom. The monoisotopic (exact) mass is 497 g/mol. The highest BCUT2D eigenvalue weighted by Crippen LogP contribution is 2.35. The van der Waals surface area contributed by atoms with Crippen molar-refractivity contribution in [2.24, 2.45) is 0 Å². The summed E-state index contributed by atoms with van der Waals surface area (Å²) >= 11 is 0. The summed E-state index contributed by atoms with van der Waals surface area (Å²) in [6.45, 7) is 6.63. The first-order chi connectivity index (χ1) is 18.1. The summed E-state index contributed by atoms with van der Waals surface area (Å²) in [5.74, 6) is -0.406. The van der Waals surface area contributed by atoms with Crippen molar-refractivity contribution in [2.45, 2.75) is 45.1 Å². The number of piperidine rings is 1. The molecular formula is C32H36FN3O. The van der Waals surface area contributed by atoms with Crippen molar-refractivity contribution >= 4 is 16.8 Å². The number of carbonyl (C=O) groups excluding carboxylic acids is 1. The number of benzene rings is 3. The van der Waals surface area contributed by atoms with Crippen LogP contribution < -0.4 is 5.32 Å². The van der Waals surface area contributed by atoms with E-state index in [1.807, 2.05) is 18.2 Å². The first-order valence-electron chi connectivity index (χ1n) is 13.4. The van der Waals surface area contributed by atoms with Crippen LogP contribution in [-0.2, 0) is 11.3 Å². The lowest BCUT2D eigenvalue weighted by Crippen LogP contribution is -2.38. The van der Waals surface area contributed by atoms with E-state index in [0.717, 1.165) is 48.2 Å². The molecule has 1 aromatic heterocycles. The van der Waals surface area contributed by atoms with Crippen LogP contribution in [0.2, 0.25) is 0 Å². The highest BCUT2D eigenvalue weighted by Gasteiger charge is 2.23. The summed E-state index contributed by atoms with van der Waals surface area (Å²) in [5, 5.41) is 4.28. The Morgan fingerprint density at radius 2 is 1.68 bits per heavy atom. The smallest absolute Gasteiger partial charge is 0.220 e. The van der Waals surface area contributed by atoms with Gasteiger partial charge in [0, 0.05) is 49.1 Å². The number of halogens is 1. The van der Waals surface area contributed by atoms with E-state index >= 15 is 0 Å². The summed E-state index contributed by atoms with van der Waals surface area (Å²) in [6.07, 6.45) is 6.30. The van der Waals surface area contributed by atoms with Crippen LogP contribution in [0.3, 0.4) is 0 Å². The number of rotatable bonds is 9. The highest BCUT2D eigenvalue weighted by atomic mass is 19.1. The van der Waals surface area contributed by atoms with Gasteiger partial charge in [-0.3, -0.25) is 4.79 Å². The Morgan fingerprint density at radius 3 is 2.43 bits per heavy atom. The predicted molar refractivity (Wildman–Crippen MR) is 148 cm³/mol. The fourth-order valence-corrected chi connectivity index (χ4v) is 5.47. The van der Waals surface area contributed by atoms with Gasteiger partial charge in [0.1, 0.15) is 5.82 Å². The van der Waals surface area contributed by atoms with E-state index in [1.54, 1.807) is 0 Å². The molecule has 2 heterocycles. The zero-order valence-electron chi connectivity index (χ0n) is 21.6. The van der Waals surface area contributed by atoms with Crippen molar-refractivity contribution in [2.75, 3.05) is 26.2 Å². The second-order valence-electron chi connectivity index (χ2n) is 10.3. The fourth-order valence-electron chi connectivity index (χ4n) is 5.47. The zero-order valence-corrected chi connectivity index (χ0v) is 21.6. The maximum absolute atomic E-state index is 13.8. The molecule has 1 aliphatic heterocycles. The van der Waals surface area contributed by atoms with Gasteiger partial charge in [0.2, 0.25) is 5.91 Å². The van der Waals surface area contributed by atoms with Crippen LogP contribution in [0.15, 0.2) is 79.0 Å². The molecule has 4 nitrogen and oxygen atoms in total. The van der Waals surface area contributed by atoms with Gasteiger partial charge in [-0.1, -0.05) is 66.6 Å². The Kier molecular flexibility index (Phi) is 8.00. The van der Waals surface area contributed by atoms with Crippen molar-refractivity contribution in [3.8, 4) is 0 Å². The lowest BCUT2D eigenvalue weighted by molar-refractivity contribution is -0.121. The van der Waals surface area contributed by atoms with Crippen LogP contribution in [0.1, 0.15) is 53.9 Å². The molecular weight excluding hydrogens is 461 g/mol. The van der Waals surface area contributed by atoms with Crippen molar-refractivity contribution in [3.05, 3.63) is 107 Å². The van der Waals surface area contributed by atoms with Gasteiger partial charge in [-0.15, -0.1) is 0 Å². The molecule has 0 bridgehead atoms. The third-order valence-corrected chi connectivity index (χ3v) is 7.53. The number of hydrogen-bond donors (Lipinski definition) is 1. The molecule has 1 saturated heterocycles. The molecule has 0 spiro atoms. The van der Waals surface area contributed by atoms with Gasteiger partial charge in [0.15, 0.2) is 0 Å². The number of nitrogens with one attached hydrogen (secondary N) is 1. The van der Waals surface area contributed by atoms with Crippen LogP contribution in [0, 0.1) is 12.7 Å². The molecule has 4 aromatic rings. The largest absolute Gasteiger partial charge is 0.355 e. The van der Waals surface area contributed by atoms with Gasteiger partial charge in [-0.05, 0) is 67.7 Å². The maximum atomic E-state index is 13.8. The fraction of sp³-hybridized carbons (Fsp3) is 0.344. The summed E-state index contributed by atoms with van der Waals surface area (Å²) in [4.78, 5) is 15.6. The van der Waals surface area contributed by atoms with Crippen molar-refractivity contribution in [3.63, 3.8) is 0 Å². The molecule has 1 amide bonds. The van der Waals surface area contributed by atoms with Crippen LogP contribution in [-0.4, -0.2) is 41.6 Å². The molecule has 0 aliphatic carbocycles. The van der Waals surface area contributed by atoms with Gasteiger partial charge in [0.25, 0.3) is 0 Å². The van der Waals surface area contributed by atoms with E-state index in [9.17, 15) is 9.18 Å². The Bertz CT molecular complexity index is 1320. The van der Waals surface area contributed by atoms with Gasteiger partial charge < -0.3 is 14.8 Å². The summed E-state index contributed by atoms with van der Waals surface area (Å²) in [5.41, 5.74) is 5.65. The Hall–Kier alpha value is -3.44. The first kappa shape index (κ1) is 25.2. The van der Waals surface area contributed by atoms with Crippen LogP contribution in [0.25, 0.3) is 10.9 Å². The average Bonchev–Trinajstić information content (AvgIpc) is 3.28. The molecule has 1 aliphatic rings. The number of para-hydroxylation sites is 1. The van der Waals surface area contributed by atoms with Gasteiger partial charge in [0.05, 0.1) is 0 Å². The van der Waals surface area contributed by atoms with Crippen molar-refractivity contribution in [1.82, 2.24) is 14.8 Å². The van der Waals surface area contributed by atoms with Crippen molar-refractivity contribution < 1.29 is 9.18 Å². The highest BCUT2D eigenvalue weighted by molar-refractivity contribution is 5.86. The number of amides is 1. The molecule has 0 unspecified atom stereocenters. The topological polar surface area (TPSA) is 37.3 Å². The van der Waals surface area contributed by atoms with E-state index in [2.05, 4.69) is 70.4 Å². The number of hydrogen-bond acceptors (Lipinski definition) is 2. The van der Waals surface area contributed by atoms with E-state index in [-0.39, 0.29) is 17.6 Å². The van der Waals surface area contributed by atoms with Crippen LogP contribution in [0.4, 0.5) is 4.39 Å². The van der Waals surface area contributed by atoms with Crippen LogP contribution in [0.5, 0.6) is 0 Å². The number of fused-ring (bicyclic) bond motifs is 1. The predicted octanol–water partition coefficient (Wildman–Crippen LogP) is 6.26. The molecule has 192 valence electrons. The average molecular weight is 498 g/mol. The third kappa shape index (κ3) is 6.28. The number of aryl methyl sites for hydroxylation is 1. The Labute approximate surface area is 219 Å².